The molecule has 0 aromatic rings. The van der Waals surface area contributed by atoms with Gasteiger partial charge in [0.25, 0.3) is 0 Å². The van der Waals surface area contributed by atoms with Crippen molar-refractivity contribution in [3.8, 4) is 0 Å². The third-order valence-corrected chi connectivity index (χ3v) is 4.05. The molecule has 1 N–H and O–H groups in total. The fraction of sp³-hybridized carbons (Fsp3) is 1.00. The first-order valence-corrected chi connectivity index (χ1v) is 6.55. The summed E-state index contributed by atoms with van der Waals surface area (Å²) in [6.07, 6.45) is 10.0. The first-order chi connectivity index (χ1) is 6.79. The zero-order valence-electron chi connectivity index (χ0n) is 9.76. The summed E-state index contributed by atoms with van der Waals surface area (Å²) in [5.74, 6) is 2.01. The number of hydrogen-bond acceptors (Lipinski definition) is 1. The monoisotopic (exact) mass is 195 g/mol. The molecule has 1 heteroatoms. The highest BCUT2D eigenvalue weighted by atomic mass is 15.0. The minimum Gasteiger partial charge on any atom is -0.311 e. The first kappa shape index (κ1) is 10.5. The average Bonchev–Trinajstić information content (AvgIpc) is 2.89. The molecule has 0 radical (unpaired) electrons. The second kappa shape index (κ2) is 4.65. The van der Waals surface area contributed by atoms with Crippen LogP contribution in [-0.2, 0) is 0 Å². The van der Waals surface area contributed by atoms with Crippen LogP contribution in [0.4, 0.5) is 0 Å². The third kappa shape index (κ3) is 2.73. The van der Waals surface area contributed by atoms with Crippen molar-refractivity contribution in [3.63, 3.8) is 0 Å². The molecule has 0 aromatic carbocycles. The molecule has 0 heterocycles. The van der Waals surface area contributed by atoms with Crippen LogP contribution in [0.2, 0.25) is 0 Å². The molecular formula is C13H25N. The Morgan fingerprint density at radius 1 is 1.14 bits per heavy atom. The van der Waals surface area contributed by atoms with E-state index in [1.165, 1.54) is 44.9 Å². The summed E-state index contributed by atoms with van der Waals surface area (Å²) < 4.78 is 0. The molecule has 14 heavy (non-hydrogen) atoms. The van der Waals surface area contributed by atoms with Gasteiger partial charge >= 0.3 is 0 Å². The smallest absolute Gasteiger partial charge is 0.0102 e. The standard InChI is InChI=1S/C13H25N/c1-3-4-11-9-13(11)14-12-7-5-10(2)6-8-12/h10-14H,3-9H2,1-2H3. The lowest BCUT2D eigenvalue weighted by atomic mass is 9.87. The quantitative estimate of drug-likeness (QED) is 0.725. The van der Waals surface area contributed by atoms with Gasteiger partial charge in [-0.1, -0.05) is 20.3 Å². The zero-order valence-corrected chi connectivity index (χ0v) is 9.76. The molecule has 2 rings (SSSR count). The lowest BCUT2D eigenvalue weighted by molar-refractivity contribution is 0.302. The van der Waals surface area contributed by atoms with Gasteiger partial charge in [-0.05, 0) is 50.4 Å². The SMILES string of the molecule is CCCC1CC1NC1CCC(C)CC1. The van der Waals surface area contributed by atoms with Crippen LogP contribution in [0.5, 0.6) is 0 Å². The molecule has 2 saturated carbocycles. The van der Waals surface area contributed by atoms with Gasteiger partial charge in [0, 0.05) is 12.1 Å². The van der Waals surface area contributed by atoms with Gasteiger partial charge in [-0.2, -0.15) is 0 Å². The van der Waals surface area contributed by atoms with Crippen molar-refractivity contribution in [2.24, 2.45) is 11.8 Å². The average molecular weight is 195 g/mol. The number of nitrogens with one attached hydrogen (secondary N) is 1. The number of hydrogen-bond donors (Lipinski definition) is 1. The van der Waals surface area contributed by atoms with E-state index >= 15 is 0 Å². The van der Waals surface area contributed by atoms with E-state index in [2.05, 4.69) is 19.2 Å². The van der Waals surface area contributed by atoms with Crippen LogP contribution in [0.1, 0.15) is 58.8 Å². The van der Waals surface area contributed by atoms with E-state index in [9.17, 15) is 0 Å². The van der Waals surface area contributed by atoms with E-state index in [4.69, 9.17) is 0 Å². The minimum atomic E-state index is 0.859. The summed E-state index contributed by atoms with van der Waals surface area (Å²) in [6, 6.07) is 1.76. The molecule has 82 valence electrons. The molecule has 2 aliphatic carbocycles. The van der Waals surface area contributed by atoms with Crippen LogP contribution in [0.25, 0.3) is 0 Å². The van der Waals surface area contributed by atoms with Crippen molar-refractivity contribution in [2.45, 2.75) is 70.9 Å². The molecule has 1 nitrogen and oxygen atoms in total. The molecule has 2 atom stereocenters. The van der Waals surface area contributed by atoms with Crippen LogP contribution in [0, 0.1) is 11.8 Å². The predicted molar refractivity (Wildman–Crippen MR) is 61.4 cm³/mol. The van der Waals surface area contributed by atoms with Crippen molar-refractivity contribution in [2.75, 3.05) is 0 Å². The van der Waals surface area contributed by atoms with E-state index in [1.54, 1.807) is 0 Å². The Balaban J connectivity index is 1.62. The Morgan fingerprint density at radius 2 is 1.86 bits per heavy atom. The van der Waals surface area contributed by atoms with Crippen LogP contribution in [0.15, 0.2) is 0 Å². The second-order valence-electron chi connectivity index (χ2n) is 5.51. The lowest BCUT2D eigenvalue weighted by Gasteiger charge is -2.27. The van der Waals surface area contributed by atoms with Gasteiger partial charge in [-0.15, -0.1) is 0 Å². The lowest BCUT2D eigenvalue weighted by Crippen LogP contribution is -2.35. The fourth-order valence-electron chi connectivity index (χ4n) is 2.87. The summed E-state index contributed by atoms with van der Waals surface area (Å²) in [5.41, 5.74) is 0. The summed E-state index contributed by atoms with van der Waals surface area (Å²) in [5, 5.41) is 3.85. The van der Waals surface area contributed by atoms with Gasteiger partial charge in [0.15, 0.2) is 0 Å². The maximum Gasteiger partial charge on any atom is 0.0102 e. The summed E-state index contributed by atoms with van der Waals surface area (Å²) in [6.45, 7) is 4.70. The van der Waals surface area contributed by atoms with Crippen molar-refractivity contribution in [3.05, 3.63) is 0 Å². The highest BCUT2D eigenvalue weighted by Crippen LogP contribution is 2.36. The van der Waals surface area contributed by atoms with Gasteiger partial charge in [-0.25, -0.2) is 0 Å². The molecule has 2 fully saturated rings. The van der Waals surface area contributed by atoms with E-state index in [0.717, 1.165) is 23.9 Å². The van der Waals surface area contributed by atoms with Crippen LogP contribution < -0.4 is 5.32 Å². The molecule has 0 amide bonds. The maximum absolute atomic E-state index is 3.85. The molecule has 0 bridgehead atoms. The van der Waals surface area contributed by atoms with E-state index in [0.29, 0.717) is 0 Å². The maximum atomic E-state index is 3.85. The van der Waals surface area contributed by atoms with Crippen molar-refractivity contribution in [1.29, 1.82) is 0 Å². The fourth-order valence-corrected chi connectivity index (χ4v) is 2.87. The Hall–Kier alpha value is -0.0400. The normalized spacial score (nSPS) is 42.4. The summed E-state index contributed by atoms with van der Waals surface area (Å²) in [7, 11) is 0. The molecule has 0 aliphatic heterocycles. The molecule has 2 unspecified atom stereocenters. The van der Waals surface area contributed by atoms with Gasteiger partial charge in [0.05, 0.1) is 0 Å². The molecule has 2 aliphatic rings. The highest BCUT2D eigenvalue weighted by Gasteiger charge is 2.37. The highest BCUT2D eigenvalue weighted by molar-refractivity contribution is 4.95. The second-order valence-corrected chi connectivity index (χ2v) is 5.51. The minimum absolute atomic E-state index is 0.859. The Bertz CT molecular complexity index is 170. The Kier molecular flexibility index (Phi) is 3.48. The van der Waals surface area contributed by atoms with Crippen molar-refractivity contribution in [1.82, 2.24) is 5.32 Å². The van der Waals surface area contributed by atoms with E-state index in [-0.39, 0.29) is 0 Å². The Morgan fingerprint density at radius 3 is 2.50 bits per heavy atom. The third-order valence-electron chi connectivity index (χ3n) is 4.05. The molecule has 0 spiro atoms. The topological polar surface area (TPSA) is 12.0 Å². The molecule has 0 aromatic heterocycles. The molecule has 0 saturated heterocycles. The largest absolute Gasteiger partial charge is 0.311 e. The van der Waals surface area contributed by atoms with Gasteiger partial charge in [-0.3, -0.25) is 0 Å². The number of rotatable bonds is 4. The van der Waals surface area contributed by atoms with Gasteiger partial charge in [0.1, 0.15) is 0 Å². The summed E-state index contributed by atoms with van der Waals surface area (Å²) >= 11 is 0. The zero-order chi connectivity index (χ0) is 9.97. The summed E-state index contributed by atoms with van der Waals surface area (Å²) in [4.78, 5) is 0. The van der Waals surface area contributed by atoms with Crippen molar-refractivity contribution >= 4 is 0 Å². The van der Waals surface area contributed by atoms with Crippen LogP contribution in [-0.4, -0.2) is 12.1 Å². The Labute approximate surface area is 88.7 Å². The van der Waals surface area contributed by atoms with Gasteiger partial charge < -0.3 is 5.32 Å². The van der Waals surface area contributed by atoms with Gasteiger partial charge in [0.2, 0.25) is 0 Å². The first-order valence-electron chi connectivity index (χ1n) is 6.55. The van der Waals surface area contributed by atoms with Crippen LogP contribution >= 0.6 is 0 Å². The van der Waals surface area contributed by atoms with Crippen LogP contribution in [0.3, 0.4) is 0 Å². The van der Waals surface area contributed by atoms with Crippen molar-refractivity contribution < 1.29 is 0 Å². The predicted octanol–water partition coefficient (Wildman–Crippen LogP) is 3.34. The van der Waals surface area contributed by atoms with E-state index in [1.807, 2.05) is 0 Å². The molecular weight excluding hydrogens is 170 g/mol. The van der Waals surface area contributed by atoms with E-state index < -0.39 is 0 Å².